The molecule has 354 valence electrons. The van der Waals surface area contributed by atoms with E-state index in [1.807, 2.05) is 76.2 Å². The molecule has 0 fully saturated rings. The Morgan fingerprint density at radius 3 is 0.919 bits per heavy atom. The van der Waals surface area contributed by atoms with Crippen LogP contribution in [0.25, 0.3) is 0 Å². The van der Waals surface area contributed by atoms with Crippen molar-refractivity contribution in [1.29, 1.82) is 0 Å². The van der Waals surface area contributed by atoms with E-state index in [1.165, 1.54) is 11.1 Å². The maximum Gasteiger partial charge on any atom is 2.00 e. The van der Waals surface area contributed by atoms with Crippen molar-refractivity contribution in [2.45, 2.75) is 54.6 Å². The number of methoxy groups -OCH3 is 4. The number of phenolic OH excluding ortho intramolecular Hbond substituents is 2. The number of ether oxygens (including phenoxy) is 4. The summed E-state index contributed by atoms with van der Waals surface area (Å²) in [6.45, 7) is 17.0. The van der Waals surface area contributed by atoms with Crippen LogP contribution in [0, 0.1) is 27.7 Å². The number of aliphatic carboxylic acids is 2. The van der Waals surface area contributed by atoms with E-state index >= 15 is 0 Å². The van der Waals surface area contributed by atoms with E-state index in [1.54, 1.807) is 64.8 Å². The summed E-state index contributed by atoms with van der Waals surface area (Å²) in [5, 5.41) is 58.8. The summed E-state index contributed by atoms with van der Waals surface area (Å²) in [6, 6.07) is 25.1. The van der Waals surface area contributed by atoms with Crippen LogP contribution in [-0.4, -0.2) is 113 Å². The topological polar surface area (TPSA) is 210 Å². The molecule has 0 saturated carbocycles. The minimum absolute atomic E-state index is 0. The number of nitrogens with zero attached hydrogens (tertiary/aromatic N) is 2. The molecule has 4 aromatic rings. The third-order valence-corrected chi connectivity index (χ3v) is 7.73. The van der Waals surface area contributed by atoms with Crippen LogP contribution in [0.1, 0.15) is 47.2 Å². The molecule has 0 amide bonds. The molecular weight excluding hydrogens is 900 g/mol. The molecule has 0 saturated heterocycles. The predicted octanol–water partition coefficient (Wildman–Crippen LogP) is 3.24. The fourth-order valence-electron chi connectivity index (χ4n) is 4.66. The van der Waals surface area contributed by atoms with Crippen molar-refractivity contribution in [1.82, 2.24) is 9.80 Å². The van der Waals surface area contributed by atoms with Gasteiger partial charge in [-0.15, -0.1) is 11.5 Å². The monoisotopic (exact) mass is 964 g/mol. The number of carbonyl (C=O) groups excluding carboxylic acids is 2. The standard InChI is InChI=1S/2C14H23NO3.2C7H8O.2C2H4O2.2Cu/c2*1-12-4-5-14(16)13(10-12)11-15(6-8-17-2)7-9-18-3;2*1-6-2-4-7(8)5-3-6;2*1-2(3)4;;/h2*4-5,10,16H,6-9,11H2,1-3H3;2*2-5,8H,1H3;2*1H3,(H,3,4);;/q;;;;;;2*+2/p-4. The molecule has 2 N–H and O–H groups in total. The number of aromatic hydroxyl groups is 2. The fourth-order valence-corrected chi connectivity index (χ4v) is 4.66. The second-order valence-corrected chi connectivity index (χ2v) is 13.4. The Bertz CT molecular complexity index is 1510. The molecule has 16 heteroatoms. The summed E-state index contributed by atoms with van der Waals surface area (Å²) in [7, 11) is 6.72. The van der Waals surface area contributed by atoms with Crippen molar-refractivity contribution in [3.8, 4) is 23.0 Å². The van der Waals surface area contributed by atoms with E-state index in [4.69, 9.17) is 49.0 Å². The number of hydrogen-bond acceptors (Lipinski definition) is 14. The van der Waals surface area contributed by atoms with Gasteiger partial charge in [-0.05, 0) is 76.9 Å². The molecule has 0 aromatic heterocycles. The van der Waals surface area contributed by atoms with E-state index in [-0.39, 0.29) is 45.6 Å². The molecule has 2 radical (unpaired) electrons. The van der Waals surface area contributed by atoms with Gasteiger partial charge in [-0.25, -0.2) is 0 Å². The van der Waals surface area contributed by atoms with E-state index in [0.717, 1.165) is 62.3 Å². The first-order valence-electron chi connectivity index (χ1n) is 19.2. The van der Waals surface area contributed by atoms with Crippen molar-refractivity contribution >= 4 is 11.9 Å². The summed E-state index contributed by atoms with van der Waals surface area (Å²) in [5.41, 5.74) is 6.24. The Hall–Kier alpha value is -4.18. The van der Waals surface area contributed by atoms with Crippen molar-refractivity contribution in [2.75, 3.05) is 81.0 Å². The van der Waals surface area contributed by atoms with Crippen LogP contribution >= 0.6 is 0 Å². The second-order valence-electron chi connectivity index (χ2n) is 13.4. The summed E-state index contributed by atoms with van der Waals surface area (Å²) in [5.74, 6) is -1.31. The number of carboxylic acids is 2. The number of aryl methyl sites for hydroxylation is 4. The molecule has 0 aliphatic carbocycles. The summed E-state index contributed by atoms with van der Waals surface area (Å²) < 4.78 is 20.3. The molecule has 0 spiro atoms. The molecule has 62 heavy (non-hydrogen) atoms. The summed E-state index contributed by atoms with van der Waals surface area (Å²) in [6.07, 6.45) is 0. The van der Waals surface area contributed by atoms with Crippen LogP contribution in [0.15, 0.2) is 84.9 Å². The van der Waals surface area contributed by atoms with Crippen molar-refractivity contribution in [3.05, 3.63) is 118 Å². The van der Waals surface area contributed by atoms with Gasteiger partial charge in [-0.2, -0.15) is 0 Å². The summed E-state index contributed by atoms with van der Waals surface area (Å²) in [4.78, 5) is 22.1. The van der Waals surface area contributed by atoms with Gasteiger partial charge in [-0.1, -0.05) is 82.9 Å². The average Bonchev–Trinajstić information content (AvgIpc) is 3.19. The van der Waals surface area contributed by atoms with Gasteiger partial charge in [0.1, 0.15) is 11.5 Å². The van der Waals surface area contributed by atoms with Gasteiger partial charge in [0.2, 0.25) is 0 Å². The maximum atomic E-state index is 11.8. The van der Waals surface area contributed by atoms with Crippen molar-refractivity contribution in [2.24, 2.45) is 0 Å². The Labute approximate surface area is 390 Å². The zero-order valence-corrected chi connectivity index (χ0v) is 39.5. The Morgan fingerprint density at radius 2 is 0.710 bits per heavy atom. The molecule has 0 aliphatic rings. The average molecular weight is 966 g/mol. The van der Waals surface area contributed by atoms with Gasteiger partial charge in [0, 0.05) is 79.6 Å². The molecule has 0 heterocycles. The van der Waals surface area contributed by atoms with Crippen LogP contribution in [0.2, 0.25) is 0 Å². The van der Waals surface area contributed by atoms with Gasteiger partial charge in [-0.3, -0.25) is 9.80 Å². The second kappa shape index (κ2) is 40.9. The Balaban J connectivity index is -0.000000353. The normalized spacial score (nSPS) is 9.61. The van der Waals surface area contributed by atoms with Crippen LogP contribution in [0.3, 0.4) is 0 Å². The third-order valence-electron chi connectivity index (χ3n) is 7.73. The molecular formula is C46H66Cu2N2O12. The minimum atomic E-state index is -1.08. The number of carbonyl (C=O) groups is 2. The molecule has 0 atom stereocenters. The van der Waals surface area contributed by atoms with E-state index in [2.05, 4.69) is 9.80 Å². The number of benzene rings is 4. The van der Waals surface area contributed by atoms with Gasteiger partial charge in [0.05, 0.1) is 26.4 Å². The molecule has 0 aliphatic heterocycles. The largest absolute Gasteiger partial charge is 2.00 e. The number of carboxylic acid groups (broad SMARTS) is 2. The van der Waals surface area contributed by atoms with Gasteiger partial charge >= 0.3 is 34.1 Å². The zero-order valence-electron chi connectivity index (χ0n) is 37.6. The van der Waals surface area contributed by atoms with Crippen LogP contribution in [0.4, 0.5) is 0 Å². The van der Waals surface area contributed by atoms with Crippen LogP contribution in [0.5, 0.6) is 23.0 Å². The van der Waals surface area contributed by atoms with Crippen LogP contribution < -0.4 is 20.4 Å². The number of phenols is 2. The molecule has 4 aromatic carbocycles. The van der Waals surface area contributed by atoms with Crippen molar-refractivity contribution < 1.29 is 93.3 Å². The number of hydrogen-bond donors (Lipinski definition) is 2. The fraction of sp³-hybridized carbons (Fsp3) is 0.435. The smallest absolute Gasteiger partial charge is 0.872 e. The summed E-state index contributed by atoms with van der Waals surface area (Å²) >= 11 is 0. The molecule has 14 nitrogen and oxygen atoms in total. The van der Waals surface area contributed by atoms with E-state index in [9.17, 15) is 10.2 Å². The van der Waals surface area contributed by atoms with Crippen LogP contribution in [-0.2, 0) is 75.8 Å². The molecule has 4 rings (SSSR count). The first kappa shape index (κ1) is 64.4. The van der Waals surface area contributed by atoms with Crippen molar-refractivity contribution in [3.63, 3.8) is 0 Å². The minimum Gasteiger partial charge on any atom is -0.872 e. The van der Waals surface area contributed by atoms with Gasteiger partial charge in [0.15, 0.2) is 0 Å². The zero-order chi connectivity index (χ0) is 45.9. The quantitative estimate of drug-likeness (QED) is 0.155. The molecule has 0 unspecified atom stereocenters. The predicted molar refractivity (Wildman–Crippen MR) is 226 cm³/mol. The number of rotatable bonds is 16. The first-order valence-corrected chi connectivity index (χ1v) is 19.2. The van der Waals surface area contributed by atoms with Gasteiger partial charge in [0.25, 0.3) is 0 Å². The van der Waals surface area contributed by atoms with E-state index in [0.29, 0.717) is 51.0 Å². The Kier molecular flexibility index (Phi) is 42.5. The Morgan fingerprint density at radius 1 is 0.484 bits per heavy atom. The van der Waals surface area contributed by atoms with Gasteiger partial charge < -0.3 is 59.2 Å². The maximum absolute atomic E-state index is 11.8. The first-order chi connectivity index (χ1) is 28.4. The molecule has 0 bridgehead atoms. The SMILES string of the molecule is CC(=O)[O-].CC(=O)[O-].COCCN(CCOC)Cc1cc(C)ccc1[O-].COCCN(CCOC)Cc1cc(C)ccc1[O-].Cc1ccc(O)cc1.Cc1ccc(O)cc1.[Cu+2].[Cu+2]. The van der Waals surface area contributed by atoms with E-state index < -0.39 is 11.9 Å². The third kappa shape index (κ3) is 38.7.